The van der Waals surface area contributed by atoms with Gasteiger partial charge >= 0.3 is 0 Å². The average molecular weight is 265 g/mol. The smallest absolute Gasteiger partial charge is 0.0501 e. The molecule has 3 fully saturated rings. The molecule has 3 saturated heterocycles. The van der Waals surface area contributed by atoms with Gasteiger partial charge in [-0.1, -0.05) is 19.8 Å². The van der Waals surface area contributed by atoms with E-state index in [0.717, 1.165) is 18.6 Å². The molecule has 0 spiro atoms. The molecular formula is C16H31N3. The molecule has 0 saturated carbocycles. The van der Waals surface area contributed by atoms with Gasteiger partial charge in [0.25, 0.3) is 0 Å². The first kappa shape index (κ1) is 13.8. The van der Waals surface area contributed by atoms with E-state index in [-0.39, 0.29) is 0 Å². The minimum atomic E-state index is 0.307. The maximum atomic E-state index is 6.36. The highest BCUT2D eigenvalue weighted by atomic mass is 15.3. The van der Waals surface area contributed by atoms with Crippen LogP contribution in [0.1, 0.15) is 58.3 Å². The van der Waals surface area contributed by atoms with E-state index in [4.69, 9.17) is 5.73 Å². The SMILES string of the molecule is CCC1CCCCCN1C1(CN)CCN2CCCC21. The Morgan fingerprint density at radius 1 is 1.05 bits per heavy atom. The van der Waals surface area contributed by atoms with Crippen molar-refractivity contribution in [3.63, 3.8) is 0 Å². The van der Waals surface area contributed by atoms with E-state index in [0.29, 0.717) is 5.54 Å². The van der Waals surface area contributed by atoms with Crippen molar-refractivity contribution in [2.45, 2.75) is 75.9 Å². The van der Waals surface area contributed by atoms with E-state index in [9.17, 15) is 0 Å². The van der Waals surface area contributed by atoms with Crippen LogP contribution in [0.5, 0.6) is 0 Å². The van der Waals surface area contributed by atoms with Gasteiger partial charge in [-0.2, -0.15) is 0 Å². The second-order valence-corrected chi connectivity index (χ2v) is 6.86. The van der Waals surface area contributed by atoms with E-state index < -0.39 is 0 Å². The van der Waals surface area contributed by atoms with Crippen LogP contribution >= 0.6 is 0 Å². The lowest BCUT2D eigenvalue weighted by molar-refractivity contribution is 0.0262. The minimum absolute atomic E-state index is 0.307. The Balaban J connectivity index is 1.86. The predicted molar refractivity (Wildman–Crippen MR) is 80.3 cm³/mol. The molecule has 3 heteroatoms. The maximum Gasteiger partial charge on any atom is 0.0501 e. The molecule has 3 aliphatic rings. The van der Waals surface area contributed by atoms with Crippen LogP contribution in [0, 0.1) is 0 Å². The molecule has 0 aromatic carbocycles. The fourth-order valence-corrected chi connectivity index (χ4v) is 5.08. The summed E-state index contributed by atoms with van der Waals surface area (Å²) in [7, 11) is 0. The zero-order chi connectivity index (χ0) is 13.3. The van der Waals surface area contributed by atoms with Gasteiger partial charge in [0.05, 0.1) is 5.54 Å². The second-order valence-electron chi connectivity index (χ2n) is 6.86. The van der Waals surface area contributed by atoms with Gasteiger partial charge in [0, 0.05) is 25.2 Å². The molecule has 3 atom stereocenters. The number of hydrogen-bond acceptors (Lipinski definition) is 3. The van der Waals surface area contributed by atoms with E-state index in [1.165, 1.54) is 71.0 Å². The van der Waals surface area contributed by atoms with Crippen LogP contribution in [0.4, 0.5) is 0 Å². The number of nitrogens with zero attached hydrogens (tertiary/aromatic N) is 2. The molecule has 0 radical (unpaired) electrons. The number of rotatable bonds is 3. The predicted octanol–water partition coefficient (Wildman–Crippen LogP) is 2.21. The number of fused-ring (bicyclic) bond motifs is 1. The summed E-state index contributed by atoms with van der Waals surface area (Å²) in [4.78, 5) is 5.60. The Labute approximate surface area is 118 Å². The van der Waals surface area contributed by atoms with E-state index in [1.807, 2.05) is 0 Å². The Morgan fingerprint density at radius 3 is 2.74 bits per heavy atom. The van der Waals surface area contributed by atoms with Crippen molar-refractivity contribution in [1.29, 1.82) is 0 Å². The van der Waals surface area contributed by atoms with Gasteiger partial charge in [-0.25, -0.2) is 0 Å². The summed E-state index contributed by atoms with van der Waals surface area (Å²) in [6.45, 7) is 7.13. The Bertz CT molecular complexity index is 306. The summed E-state index contributed by atoms with van der Waals surface area (Å²) in [6.07, 6.45) is 11.0. The van der Waals surface area contributed by atoms with Crippen molar-refractivity contribution in [2.24, 2.45) is 5.73 Å². The standard InChI is InChI=1S/C16H31N3/c1-2-14-7-4-3-5-11-19(14)16(13-17)9-12-18-10-6-8-15(16)18/h14-15H,2-13,17H2,1H3. The van der Waals surface area contributed by atoms with Crippen LogP contribution in [0.15, 0.2) is 0 Å². The highest BCUT2D eigenvalue weighted by Crippen LogP contribution is 2.42. The van der Waals surface area contributed by atoms with Crippen molar-refractivity contribution < 1.29 is 0 Å². The second kappa shape index (κ2) is 5.71. The third kappa shape index (κ3) is 2.24. The Morgan fingerprint density at radius 2 is 1.95 bits per heavy atom. The molecule has 0 aromatic heterocycles. The van der Waals surface area contributed by atoms with E-state index in [1.54, 1.807) is 0 Å². The van der Waals surface area contributed by atoms with Crippen LogP contribution in [-0.2, 0) is 0 Å². The first-order chi connectivity index (χ1) is 9.31. The molecule has 19 heavy (non-hydrogen) atoms. The highest BCUT2D eigenvalue weighted by Gasteiger charge is 2.52. The average Bonchev–Trinajstić information content (AvgIpc) is 2.94. The third-order valence-electron chi connectivity index (χ3n) is 6.09. The van der Waals surface area contributed by atoms with Crippen LogP contribution in [0.25, 0.3) is 0 Å². The fraction of sp³-hybridized carbons (Fsp3) is 1.00. The van der Waals surface area contributed by atoms with Crippen molar-refractivity contribution in [3.05, 3.63) is 0 Å². The Hall–Kier alpha value is -0.120. The van der Waals surface area contributed by atoms with Gasteiger partial charge in [-0.05, 0) is 51.6 Å². The summed E-state index contributed by atoms with van der Waals surface area (Å²) in [5.74, 6) is 0. The number of likely N-dealkylation sites (tertiary alicyclic amines) is 1. The van der Waals surface area contributed by atoms with Gasteiger partial charge in [0.1, 0.15) is 0 Å². The molecule has 2 N–H and O–H groups in total. The molecule has 3 aliphatic heterocycles. The summed E-state index contributed by atoms with van der Waals surface area (Å²) in [5.41, 5.74) is 6.66. The lowest BCUT2D eigenvalue weighted by atomic mass is 9.84. The molecule has 3 rings (SSSR count). The quantitative estimate of drug-likeness (QED) is 0.849. The molecule has 110 valence electrons. The normalized spacial score (nSPS) is 41.4. The molecule has 0 aliphatic carbocycles. The van der Waals surface area contributed by atoms with Gasteiger partial charge in [0.2, 0.25) is 0 Å². The summed E-state index contributed by atoms with van der Waals surface area (Å²) >= 11 is 0. The van der Waals surface area contributed by atoms with Crippen molar-refractivity contribution >= 4 is 0 Å². The fourth-order valence-electron chi connectivity index (χ4n) is 5.08. The summed E-state index contributed by atoms with van der Waals surface area (Å²) < 4.78 is 0. The molecule has 3 unspecified atom stereocenters. The Kier molecular flexibility index (Phi) is 4.16. The molecule has 3 heterocycles. The summed E-state index contributed by atoms with van der Waals surface area (Å²) in [6, 6.07) is 1.54. The third-order valence-corrected chi connectivity index (χ3v) is 6.09. The van der Waals surface area contributed by atoms with Gasteiger partial charge in [-0.15, -0.1) is 0 Å². The first-order valence-corrected chi connectivity index (χ1v) is 8.52. The topological polar surface area (TPSA) is 32.5 Å². The molecular weight excluding hydrogens is 234 g/mol. The van der Waals surface area contributed by atoms with E-state index in [2.05, 4.69) is 16.7 Å². The highest BCUT2D eigenvalue weighted by molar-refractivity contribution is 5.11. The van der Waals surface area contributed by atoms with Gasteiger partial charge in [0.15, 0.2) is 0 Å². The largest absolute Gasteiger partial charge is 0.329 e. The van der Waals surface area contributed by atoms with Gasteiger partial charge in [-0.3, -0.25) is 9.80 Å². The lowest BCUT2D eigenvalue weighted by Crippen LogP contribution is -2.62. The van der Waals surface area contributed by atoms with Gasteiger partial charge < -0.3 is 5.73 Å². The van der Waals surface area contributed by atoms with E-state index >= 15 is 0 Å². The maximum absolute atomic E-state index is 6.36. The number of nitrogens with two attached hydrogens (primary N) is 1. The molecule has 3 nitrogen and oxygen atoms in total. The van der Waals surface area contributed by atoms with Crippen LogP contribution in [-0.4, -0.2) is 53.6 Å². The molecule has 0 amide bonds. The van der Waals surface area contributed by atoms with Crippen molar-refractivity contribution in [3.8, 4) is 0 Å². The number of hydrogen-bond donors (Lipinski definition) is 1. The van der Waals surface area contributed by atoms with Crippen molar-refractivity contribution in [2.75, 3.05) is 26.2 Å². The monoisotopic (exact) mass is 265 g/mol. The van der Waals surface area contributed by atoms with Crippen LogP contribution in [0.2, 0.25) is 0 Å². The zero-order valence-corrected chi connectivity index (χ0v) is 12.6. The summed E-state index contributed by atoms with van der Waals surface area (Å²) in [5, 5.41) is 0. The molecule has 0 bridgehead atoms. The van der Waals surface area contributed by atoms with Crippen LogP contribution < -0.4 is 5.73 Å². The van der Waals surface area contributed by atoms with Crippen molar-refractivity contribution in [1.82, 2.24) is 9.80 Å². The lowest BCUT2D eigenvalue weighted by Gasteiger charge is -2.48. The van der Waals surface area contributed by atoms with Crippen LogP contribution in [0.3, 0.4) is 0 Å². The zero-order valence-electron chi connectivity index (χ0n) is 12.6. The molecule has 0 aromatic rings. The minimum Gasteiger partial charge on any atom is -0.329 e. The first-order valence-electron chi connectivity index (χ1n) is 8.52.